The maximum absolute atomic E-state index is 9.14. The van der Waals surface area contributed by atoms with Gasteiger partial charge in [-0.3, -0.25) is 29.0 Å². The number of ether oxygens (including phenoxy) is 6. The number of nitrogen functional groups attached to an aromatic ring is 1. The Morgan fingerprint density at radius 1 is 0.444 bits per heavy atom. The quantitative estimate of drug-likeness (QED) is 0.0632. The maximum atomic E-state index is 9.14. The van der Waals surface area contributed by atoms with Gasteiger partial charge in [0.15, 0.2) is 0 Å². The third-order valence-corrected chi connectivity index (χ3v) is 16.2. The average Bonchev–Trinajstić information content (AvgIpc) is 1.07. The molecule has 0 saturated heterocycles. The van der Waals surface area contributed by atoms with Crippen LogP contribution in [0.3, 0.4) is 0 Å². The Morgan fingerprint density at radius 3 is 1.18 bits per heavy atom. The van der Waals surface area contributed by atoms with Gasteiger partial charge in [0.1, 0.15) is 63.5 Å². The van der Waals surface area contributed by atoms with Crippen LogP contribution < -0.4 is 54.2 Å². The smallest absolute Gasteiger partial charge is 0.141 e. The van der Waals surface area contributed by atoms with E-state index in [1.807, 2.05) is 122 Å². The number of benzene rings is 6. The second-order valence-corrected chi connectivity index (χ2v) is 24.1. The predicted octanol–water partition coefficient (Wildman–Crippen LogP) is 12.9. The lowest BCUT2D eigenvalue weighted by atomic mass is 10.2. The number of hydrogen-bond acceptors (Lipinski definition) is 23. The zero-order valence-electron chi connectivity index (χ0n) is 70.1. The molecule has 0 spiro atoms. The first-order valence-electron chi connectivity index (χ1n) is 38.3. The van der Waals surface area contributed by atoms with Gasteiger partial charge in [0.05, 0.1) is 154 Å². The van der Waals surface area contributed by atoms with Crippen molar-refractivity contribution in [3.8, 4) is 98.0 Å². The van der Waals surface area contributed by atoms with Crippen molar-refractivity contribution in [1.82, 2.24) is 74.5 Å². The minimum Gasteiger partial charge on any atom is -0.497 e. The van der Waals surface area contributed by atoms with Gasteiger partial charge >= 0.3 is 0 Å². The molecule has 0 saturated carbocycles. The maximum Gasteiger partial charge on any atom is 0.141 e. The molecular weight excluding hydrogens is 1360 g/mol. The van der Waals surface area contributed by atoms with E-state index >= 15 is 0 Å². The van der Waals surface area contributed by atoms with Crippen LogP contribution in [0, 0.1) is 35.0 Å². The van der Waals surface area contributed by atoms with Gasteiger partial charge in [-0.05, 0) is 90.7 Å². The molecule has 542 valence electrons. The first kappa shape index (κ1) is 61.3. The largest absolute Gasteiger partial charge is 0.497 e. The van der Waals surface area contributed by atoms with Crippen molar-refractivity contribution in [2.24, 2.45) is 21.1 Å². The summed E-state index contributed by atoms with van der Waals surface area (Å²) >= 11 is 0. The highest BCUT2D eigenvalue weighted by molar-refractivity contribution is 5.86. The van der Waals surface area contributed by atoms with Crippen LogP contribution in [0.25, 0.3) is 66.9 Å². The van der Waals surface area contributed by atoms with Gasteiger partial charge in [-0.2, -0.15) is 20.6 Å². The molecule has 0 aliphatic rings. The molecule has 0 atom stereocenters. The van der Waals surface area contributed by atoms with Crippen molar-refractivity contribution in [2.75, 3.05) is 89.0 Å². The molecule has 26 heteroatoms. The standard InChI is InChI=1S/C29H23N7O2.C28H25N7O2.C25H30N6O2/c1-35-19-20(17-32-35)29-18-31-27-10-9-23(14-28(27)34-29)36(24-12-25(37-2)15-26(13-24)38-3)11-5-8-21-6-4-7-22(16-30)33-21;1-34-18-19(16-31-34)27-17-30-25-10-9-21(14-26(25)33-27)35(11-5-7-20-6-4-8-28(29)32-20)22-12-23(36-2)15-24(13-22)37-3;1-17(2)26-8-9-31(20-10-21(32-4)13-22(11-20)33-5)19-6-7-23-24(12-19)29-25(15-27-23)18-14-28-30(3)16-18/h4,6-7,9-10,12-15,17-19H,11H2,1-3H3;4,6,8-10,12-18H,11H2,1-3H3,(H2,29,32);6-7,10-17,26H,8-9H2,1-5H3/i;;4D3,5D3,8D2,9D2. The fraction of sp³-hybridized carbons (Fsp3) is 0.195. The van der Waals surface area contributed by atoms with Crippen LogP contribution in [0.4, 0.5) is 39.9 Å². The second kappa shape index (κ2) is 34.4. The highest BCUT2D eigenvalue weighted by Gasteiger charge is 2.19. The topological polar surface area (TPSA) is 284 Å². The molecule has 0 bridgehead atoms. The monoisotopic (exact) mass is 1450 g/mol. The van der Waals surface area contributed by atoms with E-state index in [1.165, 1.54) is 12.1 Å². The van der Waals surface area contributed by atoms with Crippen LogP contribution >= 0.6 is 0 Å². The van der Waals surface area contributed by atoms with Crippen LogP contribution in [0.5, 0.6) is 34.5 Å². The Hall–Kier alpha value is -14.2. The van der Waals surface area contributed by atoms with Crippen molar-refractivity contribution >= 4 is 73.0 Å². The number of nitrogens with zero attached hydrogens (tertiary/aromatic N) is 18. The summed E-state index contributed by atoms with van der Waals surface area (Å²) in [5.74, 6) is 14.9. The van der Waals surface area contributed by atoms with E-state index in [-0.39, 0.29) is 22.9 Å². The molecule has 108 heavy (non-hydrogen) atoms. The Morgan fingerprint density at radius 2 is 0.815 bits per heavy atom. The molecule has 3 N–H and O–H groups in total. The predicted molar refractivity (Wildman–Crippen MR) is 419 cm³/mol. The molecule has 6 aromatic carbocycles. The van der Waals surface area contributed by atoms with E-state index in [9.17, 15) is 0 Å². The molecule has 14 aromatic rings. The lowest BCUT2D eigenvalue weighted by molar-refractivity contribution is 0.394. The number of nitrogens with two attached hydrogens (primary N) is 1. The SMILES string of the molecule is COc1cc(OC)cc(N(CC#Cc2cccc(C#N)n2)c2ccc3ncc(-c4cnn(C)c4)nc3c2)c1.COc1cc(OC)cc(N(CC#Cc2cccc(N)n2)c2ccc3ncc(-c4cnn(C)c4)nc3c2)c1.[2H]C([2H])([2H])Oc1cc(OC([2H])([2H])[2H])cc(N(c2ccc3ncc(-c4cnn(C)c4)nc3c2)C([2H])([2H])C([2H])([2H])NC(C)C)c1. The van der Waals surface area contributed by atoms with Crippen LogP contribution in [-0.2, 0) is 21.1 Å². The third-order valence-electron chi connectivity index (χ3n) is 16.2. The van der Waals surface area contributed by atoms with Crippen molar-refractivity contribution in [1.29, 1.82) is 5.26 Å². The van der Waals surface area contributed by atoms with Crippen LogP contribution in [0.2, 0.25) is 0 Å². The van der Waals surface area contributed by atoms with Crippen LogP contribution in [0.1, 0.15) is 44.6 Å². The molecule has 0 radical (unpaired) electrons. The summed E-state index contributed by atoms with van der Waals surface area (Å²) in [7, 11) is 6.09. The summed E-state index contributed by atoms with van der Waals surface area (Å²) in [5.41, 5.74) is 18.9. The molecule has 0 fully saturated rings. The fourth-order valence-electron chi connectivity index (χ4n) is 10.9. The van der Waals surface area contributed by atoms with Gasteiger partial charge in [-0.1, -0.05) is 37.8 Å². The van der Waals surface area contributed by atoms with Gasteiger partial charge in [0, 0.05) is 167 Å². The molecule has 14 rings (SSSR count). The van der Waals surface area contributed by atoms with Gasteiger partial charge in [0.25, 0.3) is 0 Å². The lowest BCUT2D eigenvalue weighted by Crippen LogP contribution is -2.32. The van der Waals surface area contributed by atoms with Gasteiger partial charge < -0.3 is 54.2 Å². The highest BCUT2D eigenvalue weighted by Crippen LogP contribution is 2.38. The summed E-state index contributed by atoms with van der Waals surface area (Å²) in [4.78, 5) is 41.5. The number of rotatable bonds is 21. The second-order valence-electron chi connectivity index (χ2n) is 24.1. The van der Waals surface area contributed by atoms with Crippen molar-refractivity contribution in [2.45, 2.75) is 19.9 Å². The number of hydrogen-bond donors (Lipinski definition) is 2. The number of aryl methyl sites for hydroxylation is 3. The zero-order chi connectivity index (χ0) is 84.2. The zero-order valence-corrected chi connectivity index (χ0v) is 60.1. The Labute approximate surface area is 639 Å². The average molecular weight is 1450 g/mol. The molecule has 8 aromatic heterocycles. The van der Waals surface area contributed by atoms with E-state index < -0.39 is 33.1 Å². The molecule has 0 amide bonds. The Kier molecular flexibility index (Phi) is 19.5. The number of nitrogens with one attached hydrogen (secondary N) is 1. The number of nitriles is 1. The van der Waals surface area contributed by atoms with E-state index in [0.717, 1.165) is 90.4 Å². The molecule has 26 nitrogen and oxygen atoms in total. The van der Waals surface area contributed by atoms with Crippen molar-refractivity contribution in [3.63, 3.8) is 0 Å². The summed E-state index contributed by atoms with van der Waals surface area (Å²) in [6, 6.07) is 43.2. The molecule has 0 aliphatic heterocycles. The minimum absolute atomic E-state index is 0.0930. The van der Waals surface area contributed by atoms with Gasteiger partial charge in [-0.25, -0.2) is 24.9 Å². The van der Waals surface area contributed by atoms with E-state index in [0.29, 0.717) is 81.3 Å². The third kappa shape index (κ3) is 18.4. The van der Waals surface area contributed by atoms with Crippen LogP contribution in [-0.4, -0.2) is 144 Å². The number of anilines is 7. The summed E-state index contributed by atoms with van der Waals surface area (Å²) in [6.45, 7) is -1.58. The summed E-state index contributed by atoms with van der Waals surface area (Å²) in [6.07, 6.45) is 15.8. The normalized spacial score (nSPS) is 12.6. The van der Waals surface area contributed by atoms with E-state index in [1.54, 1.807) is 137 Å². The fourth-order valence-corrected chi connectivity index (χ4v) is 10.9. The Bertz CT molecular complexity index is 6070. The number of fused-ring (bicyclic) bond motifs is 3. The van der Waals surface area contributed by atoms with Crippen molar-refractivity contribution < 1.29 is 42.1 Å². The number of pyridine rings is 2. The minimum atomic E-state index is -2.94. The first-order chi connectivity index (χ1) is 56.3. The van der Waals surface area contributed by atoms with Crippen molar-refractivity contribution in [3.05, 3.63) is 218 Å². The highest BCUT2D eigenvalue weighted by atomic mass is 16.5. The van der Waals surface area contributed by atoms with E-state index in [4.69, 9.17) is 63.1 Å². The van der Waals surface area contributed by atoms with E-state index in [2.05, 4.69) is 79.1 Å². The Balaban J connectivity index is 0.000000163. The summed E-state index contributed by atoms with van der Waals surface area (Å²) in [5, 5.41) is 24.4. The molecule has 0 unspecified atom stereocenters. The number of methoxy groups -OCH3 is 6. The van der Waals surface area contributed by atoms with Gasteiger partial charge in [0.2, 0.25) is 0 Å². The van der Waals surface area contributed by atoms with Crippen LogP contribution in [0.15, 0.2) is 201 Å². The first-order valence-corrected chi connectivity index (χ1v) is 33.3. The number of aromatic nitrogens is 14. The molecule has 8 heterocycles. The molecule has 0 aliphatic carbocycles. The molecular formula is C82H78N20O6. The lowest BCUT2D eigenvalue weighted by Gasteiger charge is -2.27. The van der Waals surface area contributed by atoms with Gasteiger partial charge in [-0.15, -0.1) is 0 Å². The summed E-state index contributed by atoms with van der Waals surface area (Å²) < 4.78 is 118.